The molecule has 7 nitrogen and oxygen atoms in total. The quantitative estimate of drug-likeness (QED) is 0.231. The second kappa shape index (κ2) is 11.1. The van der Waals surface area contributed by atoms with Crippen LogP contribution < -0.4 is 0 Å². The van der Waals surface area contributed by atoms with E-state index < -0.39 is 42.1 Å². The third kappa shape index (κ3) is 5.92. The van der Waals surface area contributed by atoms with Crippen LogP contribution in [-0.2, 0) is 33.4 Å². The minimum atomic E-state index is -0.849. The third-order valence-corrected chi connectivity index (χ3v) is 6.98. The molecule has 2 aliphatic rings. The number of fused-ring (bicyclic) bond motifs is 1. The fourth-order valence-electron chi connectivity index (χ4n) is 5.40. The van der Waals surface area contributed by atoms with Gasteiger partial charge in [0, 0.05) is 31.8 Å². The SMILES string of the molecule is C=C1C2CC(=O)C(C(C)OC(C)=O)C2C(C(C)C)C(OC(=O)CC)C1OC(=O)C=C(C)CC. The third-order valence-electron chi connectivity index (χ3n) is 6.98. The molecule has 2 aliphatic carbocycles. The smallest absolute Gasteiger partial charge is 0.331 e. The Hall–Kier alpha value is -2.44. The molecule has 2 rings (SSSR count). The first kappa shape index (κ1) is 26.8. The number of ketones is 1. The van der Waals surface area contributed by atoms with Crippen LogP contribution in [0.5, 0.6) is 0 Å². The van der Waals surface area contributed by atoms with Crippen LogP contribution in [0.2, 0.25) is 0 Å². The van der Waals surface area contributed by atoms with Gasteiger partial charge in [-0.3, -0.25) is 14.4 Å². The van der Waals surface area contributed by atoms with Gasteiger partial charge in [-0.05, 0) is 43.6 Å². The van der Waals surface area contributed by atoms with Crippen molar-refractivity contribution in [3.63, 3.8) is 0 Å². The summed E-state index contributed by atoms with van der Waals surface area (Å²) in [6.07, 6.45) is 0.308. The zero-order valence-corrected chi connectivity index (χ0v) is 20.9. The van der Waals surface area contributed by atoms with Crippen LogP contribution in [0.25, 0.3) is 0 Å². The number of esters is 3. The lowest BCUT2D eigenvalue weighted by Crippen LogP contribution is -2.54. The topological polar surface area (TPSA) is 96.0 Å². The summed E-state index contributed by atoms with van der Waals surface area (Å²) in [5, 5.41) is 0. The molecule has 0 amide bonds. The predicted molar refractivity (Wildman–Crippen MR) is 123 cm³/mol. The summed E-state index contributed by atoms with van der Waals surface area (Å²) >= 11 is 0. The molecule has 0 bridgehead atoms. The van der Waals surface area contributed by atoms with E-state index in [2.05, 4.69) is 6.58 Å². The number of Topliss-reactive ketones (excluding diaryl/α,β-unsaturated/α-hetero) is 1. The largest absolute Gasteiger partial charge is 0.462 e. The van der Waals surface area contributed by atoms with Gasteiger partial charge in [0.15, 0.2) is 6.10 Å². The van der Waals surface area contributed by atoms with E-state index in [4.69, 9.17) is 14.2 Å². The van der Waals surface area contributed by atoms with Crippen molar-refractivity contribution in [2.45, 2.75) is 86.0 Å². The molecular weight excluding hydrogens is 424 g/mol. The molecule has 0 aromatic rings. The number of ether oxygens (including phenoxy) is 3. The first-order valence-corrected chi connectivity index (χ1v) is 11.9. The van der Waals surface area contributed by atoms with Crippen molar-refractivity contribution in [3.8, 4) is 0 Å². The summed E-state index contributed by atoms with van der Waals surface area (Å²) in [5.41, 5.74) is 1.45. The Balaban J connectivity index is 2.52. The van der Waals surface area contributed by atoms with Crippen molar-refractivity contribution in [1.29, 1.82) is 0 Å². The van der Waals surface area contributed by atoms with E-state index in [9.17, 15) is 19.2 Å². The summed E-state index contributed by atoms with van der Waals surface area (Å²) in [5.74, 6) is -2.69. The summed E-state index contributed by atoms with van der Waals surface area (Å²) in [4.78, 5) is 49.8. The van der Waals surface area contributed by atoms with Gasteiger partial charge >= 0.3 is 17.9 Å². The number of carbonyl (C=O) groups excluding carboxylic acids is 4. The molecule has 0 radical (unpaired) electrons. The second-order valence-electron chi connectivity index (χ2n) is 9.60. The first-order valence-electron chi connectivity index (χ1n) is 11.9. The molecule has 0 saturated heterocycles. The number of hydrogen-bond acceptors (Lipinski definition) is 7. The fraction of sp³-hybridized carbons (Fsp3) is 0.692. The van der Waals surface area contributed by atoms with Crippen LogP contribution >= 0.6 is 0 Å². The van der Waals surface area contributed by atoms with Crippen LogP contribution in [0.3, 0.4) is 0 Å². The maximum atomic E-state index is 13.1. The molecule has 7 unspecified atom stereocenters. The maximum Gasteiger partial charge on any atom is 0.331 e. The molecule has 2 fully saturated rings. The fourth-order valence-corrected chi connectivity index (χ4v) is 5.40. The standard InChI is InChI=1S/C26H38O7/c1-9-14(5)11-21(30)33-25-15(6)18-12-19(28)23(16(7)31-17(8)27)24(18)22(13(3)4)26(25)32-20(29)10-2/h11,13,16,18,22-26H,6,9-10,12H2,1-5,7-8H3. The van der Waals surface area contributed by atoms with E-state index in [-0.39, 0.29) is 42.3 Å². The lowest BCUT2D eigenvalue weighted by Gasteiger charge is -2.48. The van der Waals surface area contributed by atoms with Crippen LogP contribution in [-0.4, -0.2) is 42.0 Å². The summed E-state index contributed by atoms with van der Waals surface area (Å²) in [7, 11) is 0. The normalized spacial score (nSPS) is 30.6. The van der Waals surface area contributed by atoms with E-state index in [0.717, 1.165) is 5.57 Å². The molecule has 7 atom stereocenters. The predicted octanol–water partition coefficient (Wildman–Crippen LogP) is 4.19. The van der Waals surface area contributed by atoms with Gasteiger partial charge in [-0.2, -0.15) is 0 Å². The van der Waals surface area contributed by atoms with Gasteiger partial charge in [-0.15, -0.1) is 0 Å². The Kier molecular flexibility index (Phi) is 9.04. The monoisotopic (exact) mass is 462 g/mol. The van der Waals surface area contributed by atoms with Crippen molar-refractivity contribution in [1.82, 2.24) is 0 Å². The molecule has 0 aromatic heterocycles. The number of hydrogen-bond donors (Lipinski definition) is 0. The minimum Gasteiger partial charge on any atom is -0.462 e. The average Bonchev–Trinajstić information content (AvgIpc) is 3.06. The Labute approximate surface area is 196 Å². The van der Waals surface area contributed by atoms with Gasteiger partial charge in [0.1, 0.15) is 18.0 Å². The number of carbonyl (C=O) groups is 4. The molecule has 0 N–H and O–H groups in total. The van der Waals surface area contributed by atoms with Crippen molar-refractivity contribution < 1.29 is 33.4 Å². The molecule has 7 heteroatoms. The lowest BCUT2D eigenvalue weighted by atomic mass is 9.62. The molecule has 0 spiro atoms. The zero-order chi connectivity index (χ0) is 25.0. The highest BCUT2D eigenvalue weighted by atomic mass is 16.6. The highest BCUT2D eigenvalue weighted by Crippen LogP contribution is 2.54. The summed E-state index contributed by atoms with van der Waals surface area (Å²) < 4.78 is 17.1. The van der Waals surface area contributed by atoms with Crippen molar-refractivity contribution in [2.75, 3.05) is 0 Å². The average molecular weight is 463 g/mol. The molecule has 0 heterocycles. The molecule has 33 heavy (non-hydrogen) atoms. The highest BCUT2D eigenvalue weighted by molar-refractivity contribution is 5.86. The van der Waals surface area contributed by atoms with E-state index in [1.807, 2.05) is 27.7 Å². The van der Waals surface area contributed by atoms with Gasteiger partial charge in [-0.25, -0.2) is 4.79 Å². The minimum absolute atomic E-state index is 0.00677. The van der Waals surface area contributed by atoms with Crippen LogP contribution in [0.15, 0.2) is 23.8 Å². The lowest BCUT2D eigenvalue weighted by molar-refractivity contribution is -0.179. The summed E-state index contributed by atoms with van der Waals surface area (Å²) in [6, 6.07) is 0. The van der Waals surface area contributed by atoms with Crippen LogP contribution in [0.1, 0.15) is 67.7 Å². The molecule has 184 valence electrons. The molecule has 0 aromatic carbocycles. The Morgan fingerprint density at radius 3 is 2.24 bits per heavy atom. The number of allylic oxidation sites excluding steroid dienone is 1. The van der Waals surface area contributed by atoms with Gasteiger partial charge in [0.05, 0.1) is 5.92 Å². The second-order valence-corrected chi connectivity index (χ2v) is 9.60. The van der Waals surface area contributed by atoms with Gasteiger partial charge in [-0.1, -0.05) is 39.8 Å². The highest BCUT2D eigenvalue weighted by Gasteiger charge is 2.59. The first-order chi connectivity index (χ1) is 15.4. The molecule has 2 saturated carbocycles. The Bertz CT molecular complexity index is 824. The van der Waals surface area contributed by atoms with Gasteiger partial charge in [0.25, 0.3) is 0 Å². The molecule has 0 aliphatic heterocycles. The zero-order valence-electron chi connectivity index (χ0n) is 20.9. The van der Waals surface area contributed by atoms with E-state index >= 15 is 0 Å². The van der Waals surface area contributed by atoms with Crippen molar-refractivity contribution >= 4 is 23.7 Å². The van der Waals surface area contributed by atoms with Gasteiger partial charge < -0.3 is 14.2 Å². The van der Waals surface area contributed by atoms with Crippen LogP contribution in [0.4, 0.5) is 0 Å². The number of rotatable bonds is 8. The van der Waals surface area contributed by atoms with E-state index in [1.54, 1.807) is 13.8 Å². The van der Waals surface area contributed by atoms with Crippen molar-refractivity contribution in [3.05, 3.63) is 23.8 Å². The Morgan fingerprint density at radius 1 is 1.09 bits per heavy atom. The maximum absolute atomic E-state index is 13.1. The Morgan fingerprint density at radius 2 is 1.73 bits per heavy atom. The summed E-state index contributed by atoms with van der Waals surface area (Å²) in [6.45, 7) is 16.7. The van der Waals surface area contributed by atoms with Crippen molar-refractivity contribution in [2.24, 2.45) is 29.6 Å². The van der Waals surface area contributed by atoms with Gasteiger partial charge in [0.2, 0.25) is 0 Å². The van der Waals surface area contributed by atoms with Crippen LogP contribution in [0, 0.1) is 29.6 Å². The van der Waals surface area contributed by atoms with E-state index in [0.29, 0.717) is 12.0 Å². The molecular formula is C26H38O7. The van der Waals surface area contributed by atoms with E-state index in [1.165, 1.54) is 13.0 Å².